The summed E-state index contributed by atoms with van der Waals surface area (Å²) < 4.78 is 48.9. The molecule has 158 valence electrons. The number of hydrogen-bond donors (Lipinski definition) is 2. The number of anilines is 1. The van der Waals surface area contributed by atoms with Gasteiger partial charge in [-0.15, -0.1) is 0 Å². The summed E-state index contributed by atoms with van der Waals surface area (Å²) in [7, 11) is 1.52. The van der Waals surface area contributed by atoms with Crippen LogP contribution in [0.1, 0.15) is 34.0 Å². The van der Waals surface area contributed by atoms with Crippen LogP contribution in [-0.2, 0) is 28.7 Å². The first-order valence-corrected chi connectivity index (χ1v) is 9.14. The molecule has 0 fully saturated rings. The molecule has 0 aliphatic heterocycles. The Bertz CT molecular complexity index is 872. The number of ether oxygens (including phenoxy) is 2. The summed E-state index contributed by atoms with van der Waals surface area (Å²) in [4.78, 5) is 12.7. The van der Waals surface area contributed by atoms with E-state index in [0.29, 0.717) is 17.7 Å². The highest BCUT2D eigenvalue weighted by Crippen LogP contribution is 2.33. The smallest absolute Gasteiger partial charge is 0.416 e. The Morgan fingerprint density at radius 3 is 2.52 bits per heavy atom. The normalized spacial score (nSPS) is 11.5. The molecule has 2 N–H and O–H groups in total. The number of methoxy groups -OCH3 is 1. The van der Waals surface area contributed by atoms with E-state index >= 15 is 0 Å². The minimum Gasteiger partial charge on any atom is -0.507 e. The second-order valence-electron chi connectivity index (χ2n) is 6.18. The molecule has 0 atom stereocenters. The van der Waals surface area contributed by atoms with Crippen molar-refractivity contribution in [2.24, 2.45) is 0 Å². The predicted molar refractivity (Wildman–Crippen MR) is 103 cm³/mol. The molecule has 0 aromatic heterocycles. The van der Waals surface area contributed by atoms with Crippen molar-refractivity contribution in [3.8, 4) is 5.75 Å². The Hall–Kier alpha value is -2.29. The summed E-state index contributed by atoms with van der Waals surface area (Å²) >= 11 is 6.04. The summed E-state index contributed by atoms with van der Waals surface area (Å²) in [5, 5.41) is 13.2. The van der Waals surface area contributed by atoms with Crippen LogP contribution < -0.4 is 5.32 Å². The van der Waals surface area contributed by atoms with Crippen molar-refractivity contribution < 1.29 is 32.5 Å². The number of aryl methyl sites for hydroxylation is 1. The lowest BCUT2D eigenvalue weighted by atomic mass is 10.0. The van der Waals surface area contributed by atoms with Crippen molar-refractivity contribution in [1.29, 1.82) is 0 Å². The molecule has 0 bridgehead atoms. The quantitative estimate of drug-likeness (QED) is 0.574. The fourth-order valence-corrected chi connectivity index (χ4v) is 2.88. The molecule has 29 heavy (non-hydrogen) atoms. The zero-order valence-corrected chi connectivity index (χ0v) is 16.7. The molecular formula is C20H21ClF3NO4. The van der Waals surface area contributed by atoms with Crippen LogP contribution >= 0.6 is 11.6 Å². The summed E-state index contributed by atoms with van der Waals surface area (Å²) in [5.41, 5.74) is -0.0549. The average Bonchev–Trinajstić information content (AvgIpc) is 2.66. The molecule has 9 heteroatoms. The van der Waals surface area contributed by atoms with Crippen molar-refractivity contribution in [2.75, 3.05) is 25.6 Å². The number of hydrogen-bond acceptors (Lipinski definition) is 4. The Kier molecular flexibility index (Phi) is 7.89. The van der Waals surface area contributed by atoms with Crippen molar-refractivity contribution in [3.63, 3.8) is 0 Å². The summed E-state index contributed by atoms with van der Waals surface area (Å²) in [6.07, 6.45) is -4.20. The number of nitrogens with one attached hydrogen (secondary N) is 1. The van der Waals surface area contributed by atoms with Gasteiger partial charge in [0, 0.05) is 23.4 Å². The highest BCUT2D eigenvalue weighted by atomic mass is 35.5. The van der Waals surface area contributed by atoms with Crippen molar-refractivity contribution in [1.82, 2.24) is 0 Å². The van der Waals surface area contributed by atoms with Gasteiger partial charge < -0.3 is 19.9 Å². The zero-order valence-electron chi connectivity index (χ0n) is 15.9. The number of halogens is 4. The molecule has 2 rings (SSSR count). The Morgan fingerprint density at radius 2 is 1.90 bits per heavy atom. The number of amides is 1. The second kappa shape index (κ2) is 9.96. The topological polar surface area (TPSA) is 67.8 Å². The number of phenols is 1. The Labute approximate surface area is 171 Å². The maximum atomic E-state index is 12.9. The van der Waals surface area contributed by atoms with Crippen LogP contribution in [0.3, 0.4) is 0 Å². The summed E-state index contributed by atoms with van der Waals surface area (Å²) in [6, 6.07) is 5.82. The van der Waals surface area contributed by atoms with E-state index in [4.69, 9.17) is 21.1 Å². The number of rotatable bonds is 8. The predicted octanol–water partition coefficient (Wildman–Crippen LogP) is 5.04. The molecule has 0 saturated heterocycles. The number of carbonyl (C=O) groups is 1. The second-order valence-corrected chi connectivity index (χ2v) is 6.62. The minimum absolute atomic E-state index is 0.0104. The van der Waals surface area contributed by atoms with Gasteiger partial charge in [0.1, 0.15) is 5.75 Å². The third kappa shape index (κ3) is 6.09. The molecule has 0 saturated carbocycles. The van der Waals surface area contributed by atoms with E-state index in [-0.39, 0.29) is 41.7 Å². The van der Waals surface area contributed by atoms with Crippen LogP contribution in [0.15, 0.2) is 30.3 Å². The fraction of sp³-hybridized carbons (Fsp3) is 0.350. The molecule has 0 spiro atoms. The lowest BCUT2D eigenvalue weighted by Crippen LogP contribution is -2.15. The van der Waals surface area contributed by atoms with E-state index in [2.05, 4.69) is 5.32 Å². The number of carbonyl (C=O) groups excluding carboxylic acids is 1. The maximum absolute atomic E-state index is 12.9. The van der Waals surface area contributed by atoms with Crippen LogP contribution in [0, 0.1) is 0 Å². The van der Waals surface area contributed by atoms with Gasteiger partial charge in [-0.2, -0.15) is 13.2 Å². The van der Waals surface area contributed by atoms with Crippen molar-refractivity contribution in [2.45, 2.75) is 26.1 Å². The third-order valence-electron chi connectivity index (χ3n) is 4.15. The molecule has 0 aliphatic carbocycles. The largest absolute Gasteiger partial charge is 0.507 e. The van der Waals surface area contributed by atoms with Crippen molar-refractivity contribution in [3.05, 3.63) is 57.6 Å². The van der Waals surface area contributed by atoms with E-state index in [0.717, 1.165) is 12.1 Å². The number of aromatic hydroxyl groups is 1. The van der Waals surface area contributed by atoms with Gasteiger partial charge in [0.2, 0.25) is 0 Å². The number of phenolic OH excluding ortho intramolecular Hbond substituents is 1. The molecule has 2 aromatic rings. The first-order chi connectivity index (χ1) is 13.7. The summed E-state index contributed by atoms with van der Waals surface area (Å²) in [5.74, 6) is -1.01. The third-order valence-corrected chi connectivity index (χ3v) is 4.37. The first kappa shape index (κ1) is 23.0. The van der Waals surface area contributed by atoms with Crippen molar-refractivity contribution >= 4 is 23.2 Å². The maximum Gasteiger partial charge on any atom is 0.416 e. The highest BCUT2D eigenvalue weighted by Gasteiger charge is 2.31. The minimum atomic E-state index is -4.48. The molecule has 0 unspecified atom stereocenters. The fourth-order valence-electron chi connectivity index (χ4n) is 2.64. The van der Waals surface area contributed by atoms with E-state index < -0.39 is 17.6 Å². The van der Waals surface area contributed by atoms with Crippen LogP contribution in [0.2, 0.25) is 5.02 Å². The summed E-state index contributed by atoms with van der Waals surface area (Å²) in [6.45, 7) is 2.34. The lowest BCUT2D eigenvalue weighted by Gasteiger charge is -2.15. The van der Waals surface area contributed by atoms with Gasteiger partial charge in [-0.25, -0.2) is 0 Å². The number of benzene rings is 2. The van der Waals surface area contributed by atoms with E-state index in [1.54, 1.807) is 6.92 Å². The molecule has 2 aromatic carbocycles. The van der Waals surface area contributed by atoms with Gasteiger partial charge in [0.25, 0.3) is 5.91 Å². The Morgan fingerprint density at radius 1 is 1.17 bits per heavy atom. The zero-order chi connectivity index (χ0) is 21.6. The van der Waals surface area contributed by atoms with E-state index in [9.17, 15) is 23.1 Å². The van der Waals surface area contributed by atoms with E-state index in [1.807, 2.05) is 0 Å². The van der Waals surface area contributed by atoms with E-state index in [1.165, 1.54) is 25.3 Å². The molecule has 1 amide bonds. The van der Waals surface area contributed by atoms with Gasteiger partial charge in [-0.1, -0.05) is 18.5 Å². The standard InChI is InChI=1S/C20H21ClF3NO4/c1-3-12-8-14(20(22,23)24)4-5-17(12)25-19(27)16-10-15(21)9-13(18(16)26)11-29-7-6-28-2/h4-5,8-10,26H,3,6-7,11H2,1-2H3,(H,25,27). The van der Waals surface area contributed by atoms with Gasteiger partial charge in [0.15, 0.2) is 0 Å². The van der Waals surface area contributed by atoms with Crippen LogP contribution in [-0.4, -0.2) is 31.3 Å². The lowest BCUT2D eigenvalue weighted by molar-refractivity contribution is -0.137. The SMILES string of the molecule is CCc1cc(C(F)(F)F)ccc1NC(=O)c1cc(Cl)cc(COCCOC)c1O. The average molecular weight is 432 g/mol. The molecule has 0 heterocycles. The van der Waals surface area contributed by atoms with Gasteiger partial charge >= 0.3 is 6.18 Å². The van der Waals surface area contributed by atoms with Gasteiger partial charge in [-0.3, -0.25) is 4.79 Å². The molecule has 5 nitrogen and oxygen atoms in total. The first-order valence-electron chi connectivity index (χ1n) is 8.76. The van der Waals surface area contributed by atoms with Gasteiger partial charge in [-0.05, 0) is 42.3 Å². The number of alkyl halides is 3. The molecule has 0 radical (unpaired) electrons. The van der Waals surface area contributed by atoms with Crippen LogP contribution in [0.25, 0.3) is 0 Å². The molecule has 0 aliphatic rings. The van der Waals surface area contributed by atoms with Gasteiger partial charge in [0.05, 0.1) is 30.9 Å². The molecular weight excluding hydrogens is 411 g/mol. The monoisotopic (exact) mass is 431 g/mol. The Balaban J connectivity index is 2.25. The highest BCUT2D eigenvalue weighted by molar-refractivity contribution is 6.31. The van der Waals surface area contributed by atoms with Crippen LogP contribution in [0.5, 0.6) is 5.75 Å². The van der Waals surface area contributed by atoms with Crippen LogP contribution in [0.4, 0.5) is 18.9 Å².